The van der Waals surface area contributed by atoms with Crippen molar-refractivity contribution in [3.63, 3.8) is 0 Å². The van der Waals surface area contributed by atoms with Crippen molar-refractivity contribution in [2.24, 2.45) is 17.0 Å². The van der Waals surface area contributed by atoms with Gasteiger partial charge < -0.3 is 4.90 Å². The lowest BCUT2D eigenvalue weighted by atomic mass is 9.88. The Labute approximate surface area is 111 Å². The molecule has 0 bridgehead atoms. The van der Waals surface area contributed by atoms with E-state index in [1.165, 1.54) is 38.6 Å². The summed E-state index contributed by atoms with van der Waals surface area (Å²) in [6.45, 7) is 3.23. The minimum Gasteiger partial charge on any atom is -0.303 e. The van der Waals surface area contributed by atoms with E-state index in [1.807, 2.05) is 0 Å². The molecule has 2 fully saturated rings. The first kappa shape index (κ1) is 14.3. The average molecular weight is 274 g/mol. The average Bonchev–Trinajstić information content (AvgIpc) is 2.28. The molecule has 0 amide bonds. The largest absolute Gasteiger partial charge is 0.303 e. The normalized spacial score (nSPS) is 28.4. The SMILES string of the molecule is NS(=O)(=O)CC1CCCN(CC2CCCCC2)C1. The predicted octanol–water partition coefficient (Wildman–Crippen LogP) is 1.57. The maximum atomic E-state index is 11.2. The molecule has 4 nitrogen and oxygen atoms in total. The van der Waals surface area contributed by atoms with Gasteiger partial charge in [-0.3, -0.25) is 0 Å². The van der Waals surface area contributed by atoms with Crippen molar-refractivity contribution in [3.8, 4) is 0 Å². The monoisotopic (exact) mass is 274 g/mol. The summed E-state index contributed by atoms with van der Waals surface area (Å²) in [5.74, 6) is 1.25. The van der Waals surface area contributed by atoms with Gasteiger partial charge in [-0.25, -0.2) is 13.6 Å². The number of hydrogen-bond acceptors (Lipinski definition) is 3. The molecular weight excluding hydrogens is 248 g/mol. The molecule has 1 saturated carbocycles. The molecule has 1 unspecified atom stereocenters. The smallest absolute Gasteiger partial charge is 0.209 e. The molecule has 0 aromatic carbocycles. The van der Waals surface area contributed by atoms with Crippen molar-refractivity contribution >= 4 is 10.0 Å². The van der Waals surface area contributed by atoms with Gasteiger partial charge in [0.2, 0.25) is 10.0 Å². The minimum absolute atomic E-state index is 0.161. The molecule has 2 N–H and O–H groups in total. The molecule has 0 spiro atoms. The summed E-state index contributed by atoms with van der Waals surface area (Å²) in [4.78, 5) is 2.47. The third kappa shape index (κ3) is 4.86. The minimum atomic E-state index is -3.31. The molecular formula is C13H26N2O2S. The second-order valence-corrected chi connectivity index (χ2v) is 7.76. The Morgan fingerprint density at radius 2 is 1.67 bits per heavy atom. The van der Waals surface area contributed by atoms with Crippen molar-refractivity contribution in [1.29, 1.82) is 0 Å². The molecule has 1 aliphatic heterocycles. The summed E-state index contributed by atoms with van der Waals surface area (Å²) in [6.07, 6.45) is 8.99. The number of primary sulfonamides is 1. The van der Waals surface area contributed by atoms with Gasteiger partial charge in [0.15, 0.2) is 0 Å². The van der Waals surface area contributed by atoms with Crippen LogP contribution >= 0.6 is 0 Å². The zero-order valence-electron chi connectivity index (χ0n) is 11.2. The van der Waals surface area contributed by atoms with E-state index < -0.39 is 10.0 Å². The number of likely N-dealkylation sites (tertiary alicyclic amines) is 1. The molecule has 18 heavy (non-hydrogen) atoms. The molecule has 1 saturated heterocycles. The van der Waals surface area contributed by atoms with Crippen molar-refractivity contribution in [3.05, 3.63) is 0 Å². The quantitative estimate of drug-likeness (QED) is 0.846. The number of rotatable bonds is 4. The molecule has 1 heterocycles. The van der Waals surface area contributed by atoms with Gasteiger partial charge in [-0.1, -0.05) is 19.3 Å². The van der Waals surface area contributed by atoms with E-state index in [-0.39, 0.29) is 11.7 Å². The maximum Gasteiger partial charge on any atom is 0.209 e. The van der Waals surface area contributed by atoms with Crippen LogP contribution in [-0.4, -0.2) is 38.7 Å². The lowest BCUT2D eigenvalue weighted by Crippen LogP contribution is -2.41. The summed E-state index contributed by atoms with van der Waals surface area (Å²) in [6, 6.07) is 0. The zero-order valence-corrected chi connectivity index (χ0v) is 12.0. The van der Waals surface area contributed by atoms with Crippen LogP contribution in [-0.2, 0) is 10.0 Å². The first-order valence-corrected chi connectivity index (χ1v) is 8.97. The Balaban J connectivity index is 1.79. The van der Waals surface area contributed by atoms with Crippen molar-refractivity contribution < 1.29 is 8.42 Å². The summed E-state index contributed by atoms with van der Waals surface area (Å²) in [5.41, 5.74) is 0. The first-order valence-electron chi connectivity index (χ1n) is 7.26. The molecule has 1 aliphatic carbocycles. The molecule has 1 atom stereocenters. The van der Waals surface area contributed by atoms with Gasteiger partial charge >= 0.3 is 0 Å². The van der Waals surface area contributed by atoms with Crippen LogP contribution in [0.25, 0.3) is 0 Å². The number of hydrogen-bond donors (Lipinski definition) is 1. The number of nitrogens with two attached hydrogens (primary N) is 1. The molecule has 2 aliphatic rings. The van der Waals surface area contributed by atoms with Crippen LogP contribution in [0.3, 0.4) is 0 Å². The van der Waals surface area contributed by atoms with Gasteiger partial charge in [0.1, 0.15) is 0 Å². The fourth-order valence-electron chi connectivity index (χ4n) is 3.52. The Hall–Kier alpha value is -0.130. The zero-order chi connectivity index (χ0) is 13.0. The van der Waals surface area contributed by atoms with Crippen LogP contribution in [0.5, 0.6) is 0 Å². The van der Waals surface area contributed by atoms with E-state index in [4.69, 9.17) is 5.14 Å². The van der Waals surface area contributed by atoms with E-state index in [1.54, 1.807) is 0 Å². The topological polar surface area (TPSA) is 63.4 Å². The van der Waals surface area contributed by atoms with E-state index in [0.717, 1.165) is 31.8 Å². The highest BCUT2D eigenvalue weighted by molar-refractivity contribution is 7.89. The lowest BCUT2D eigenvalue weighted by Gasteiger charge is -2.35. The fourth-order valence-corrected chi connectivity index (χ4v) is 4.45. The van der Waals surface area contributed by atoms with Crippen LogP contribution in [0, 0.1) is 11.8 Å². The Kier molecular flexibility index (Phi) is 5.04. The van der Waals surface area contributed by atoms with E-state index in [2.05, 4.69) is 4.90 Å². The highest BCUT2D eigenvalue weighted by Gasteiger charge is 2.25. The van der Waals surface area contributed by atoms with E-state index in [9.17, 15) is 8.42 Å². The second-order valence-electron chi connectivity index (χ2n) is 6.10. The summed E-state index contributed by atoms with van der Waals surface area (Å²) < 4.78 is 22.3. The van der Waals surface area contributed by atoms with E-state index in [0.29, 0.717) is 0 Å². The van der Waals surface area contributed by atoms with Gasteiger partial charge in [-0.05, 0) is 44.1 Å². The third-order valence-corrected chi connectivity index (χ3v) is 5.25. The van der Waals surface area contributed by atoms with Crippen molar-refractivity contribution in [2.45, 2.75) is 44.9 Å². The highest BCUT2D eigenvalue weighted by Crippen LogP contribution is 2.26. The lowest BCUT2D eigenvalue weighted by molar-refractivity contribution is 0.145. The van der Waals surface area contributed by atoms with E-state index >= 15 is 0 Å². The van der Waals surface area contributed by atoms with Gasteiger partial charge in [0, 0.05) is 13.1 Å². The maximum absolute atomic E-state index is 11.2. The van der Waals surface area contributed by atoms with Crippen molar-refractivity contribution in [2.75, 3.05) is 25.4 Å². The van der Waals surface area contributed by atoms with Gasteiger partial charge in [-0.2, -0.15) is 0 Å². The molecule has 106 valence electrons. The first-order chi connectivity index (χ1) is 8.53. The van der Waals surface area contributed by atoms with Gasteiger partial charge in [0.05, 0.1) is 5.75 Å². The number of piperidine rings is 1. The van der Waals surface area contributed by atoms with Crippen LogP contribution in [0.15, 0.2) is 0 Å². The standard InChI is InChI=1S/C13H26N2O2S/c14-18(16,17)11-13-7-4-8-15(10-13)9-12-5-2-1-3-6-12/h12-13H,1-11H2,(H2,14,16,17). The number of nitrogens with zero attached hydrogens (tertiary/aromatic N) is 1. The second kappa shape index (κ2) is 6.35. The van der Waals surface area contributed by atoms with Crippen LogP contribution in [0.4, 0.5) is 0 Å². The number of sulfonamides is 1. The van der Waals surface area contributed by atoms with Crippen LogP contribution in [0.1, 0.15) is 44.9 Å². The van der Waals surface area contributed by atoms with Crippen molar-refractivity contribution in [1.82, 2.24) is 4.90 Å². The summed E-state index contributed by atoms with van der Waals surface area (Å²) >= 11 is 0. The molecule has 5 heteroatoms. The highest BCUT2D eigenvalue weighted by atomic mass is 32.2. The molecule has 2 rings (SSSR count). The Morgan fingerprint density at radius 3 is 2.33 bits per heavy atom. The van der Waals surface area contributed by atoms with Gasteiger partial charge in [0.25, 0.3) is 0 Å². The Morgan fingerprint density at radius 1 is 1.00 bits per heavy atom. The predicted molar refractivity (Wildman–Crippen MR) is 73.7 cm³/mol. The van der Waals surface area contributed by atoms with Crippen LogP contribution in [0.2, 0.25) is 0 Å². The summed E-state index contributed by atoms with van der Waals surface area (Å²) in [7, 11) is -3.31. The summed E-state index contributed by atoms with van der Waals surface area (Å²) in [5, 5.41) is 5.15. The van der Waals surface area contributed by atoms with Crippen LogP contribution < -0.4 is 5.14 Å². The Bertz CT molecular complexity index is 350. The molecule has 0 radical (unpaired) electrons. The fraction of sp³-hybridized carbons (Fsp3) is 1.00. The third-order valence-electron chi connectivity index (χ3n) is 4.31. The van der Waals surface area contributed by atoms with Gasteiger partial charge in [-0.15, -0.1) is 0 Å². The molecule has 0 aromatic rings. The molecule has 0 aromatic heterocycles.